The molecule has 1 aromatic heterocycles. The van der Waals surface area contributed by atoms with Gasteiger partial charge in [-0.2, -0.15) is 0 Å². The van der Waals surface area contributed by atoms with Crippen molar-refractivity contribution >= 4 is 49.6 Å². The van der Waals surface area contributed by atoms with Crippen molar-refractivity contribution in [2.75, 3.05) is 4.90 Å². The molecule has 0 spiro atoms. The highest BCUT2D eigenvalue weighted by atomic mass is 15.2. The Balaban J connectivity index is 0.934. The van der Waals surface area contributed by atoms with Crippen LogP contribution in [0.1, 0.15) is 49.9 Å². The van der Waals surface area contributed by atoms with Crippen LogP contribution in [0, 0.1) is 0 Å². The van der Waals surface area contributed by atoms with Crippen LogP contribution in [-0.2, 0) is 10.8 Å². The van der Waals surface area contributed by atoms with Gasteiger partial charge >= 0.3 is 0 Å². The molecule has 0 bridgehead atoms. The molecule has 13 aromatic rings. The van der Waals surface area contributed by atoms with Crippen LogP contribution in [0.3, 0.4) is 0 Å². The lowest BCUT2D eigenvalue weighted by molar-refractivity contribution is 0.660. The van der Waals surface area contributed by atoms with Crippen LogP contribution >= 0.6 is 0 Å². The van der Waals surface area contributed by atoms with Gasteiger partial charge in [-0.05, 0) is 167 Å². The van der Waals surface area contributed by atoms with Crippen LogP contribution in [-0.4, -0.2) is 4.57 Å². The monoisotopic (exact) mass is 994 g/mol. The first kappa shape index (κ1) is 44.8. The number of aromatic nitrogens is 1. The van der Waals surface area contributed by atoms with E-state index in [1.807, 2.05) is 0 Å². The molecule has 368 valence electrons. The Hall–Kier alpha value is -9.50. The van der Waals surface area contributed by atoms with E-state index in [4.69, 9.17) is 0 Å². The summed E-state index contributed by atoms with van der Waals surface area (Å²) in [6.07, 6.45) is 0. The average molecular weight is 995 g/mol. The van der Waals surface area contributed by atoms with Crippen LogP contribution in [0.15, 0.2) is 255 Å². The van der Waals surface area contributed by atoms with E-state index in [1.165, 1.54) is 133 Å². The zero-order valence-electron chi connectivity index (χ0n) is 44.1. The number of nitrogens with zero attached hydrogens (tertiary/aromatic N) is 2. The number of anilines is 3. The minimum Gasteiger partial charge on any atom is -0.309 e. The van der Waals surface area contributed by atoms with Gasteiger partial charge in [0.1, 0.15) is 0 Å². The Bertz CT molecular complexity index is 4670. The van der Waals surface area contributed by atoms with E-state index >= 15 is 0 Å². The molecule has 12 aromatic carbocycles. The van der Waals surface area contributed by atoms with Gasteiger partial charge in [-0.3, -0.25) is 0 Å². The van der Waals surface area contributed by atoms with Crippen LogP contribution in [0.5, 0.6) is 0 Å². The number of benzene rings is 12. The predicted molar refractivity (Wildman–Crippen MR) is 329 cm³/mol. The lowest BCUT2D eigenvalue weighted by Gasteiger charge is -2.34. The SMILES string of the molecule is CC1(C)c2ccccc2-c2cc(-c3cccc(N4c5cc6c(cc5-c5ccc(-c7ccccc7)c7cccc4c57)c4cc(-c5ccccc5)ccc4n6-c4cccc(-c5ccc6c(c5)-c5ccccc5C6(C)C)c4)c3)ccc21. The molecule has 0 unspecified atom stereocenters. The van der Waals surface area contributed by atoms with Gasteiger partial charge in [0.2, 0.25) is 0 Å². The Morgan fingerprint density at radius 2 is 0.756 bits per heavy atom. The van der Waals surface area contributed by atoms with Crippen molar-refractivity contribution in [2.45, 2.75) is 38.5 Å². The van der Waals surface area contributed by atoms with Crippen LogP contribution in [0.4, 0.5) is 17.1 Å². The molecule has 1 aliphatic heterocycles. The lowest BCUT2D eigenvalue weighted by atomic mass is 9.82. The maximum atomic E-state index is 2.55. The summed E-state index contributed by atoms with van der Waals surface area (Å²) < 4.78 is 2.52. The summed E-state index contributed by atoms with van der Waals surface area (Å²) in [6.45, 7) is 9.43. The van der Waals surface area contributed by atoms with Gasteiger partial charge in [0.25, 0.3) is 0 Å². The first-order valence-corrected chi connectivity index (χ1v) is 27.5. The minimum absolute atomic E-state index is 0.0512. The fourth-order valence-electron chi connectivity index (χ4n) is 14.1. The Morgan fingerprint density at radius 3 is 1.42 bits per heavy atom. The van der Waals surface area contributed by atoms with Gasteiger partial charge in [-0.25, -0.2) is 0 Å². The molecule has 0 saturated heterocycles. The minimum atomic E-state index is -0.0569. The second-order valence-corrected chi connectivity index (χ2v) is 22.8. The lowest BCUT2D eigenvalue weighted by Crippen LogP contribution is -2.15. The van der Waals surface area contributed by atoms with Gasteiger partial charge in [0.05, 0.1) is 22.4 Å². The summed E-state index contributed by atoms with van der Waals surface area (Å²) in [7, 11) is 0. The van der Waals surface area contributed by atoms with Crippen LogP contribution < -0.4 is 4.90 Å². The molecule has 0 fully saturated rings. The van der Waals surface area contributed by atoms with E-state index in [0.29, 0.717) is 0 Å². The predicted octanol–water partition coefficient (Wildman–Crippen LogP) is 20.7. The molecule has 0 amide bonds. The van der Waals surface area contributed by atoms with E-state index in [1.54, 1.807) is 0 Å². The van der Waals surface area contributed by atoms with E-state index in [-0.39, 0.29) is 10.8 Å². The fraction of sp³-hybridized carbons (Fsp3) is 0.0789. The Labute approximate surface area is 455 Å². The van der Waals surface area contributed by atoms with Crippen LogP contribution in [0.2, 0.25) is 0 Å². The quantitative estimate of drug-likeness (QED) is 0.161. The number of rotatable bonds is 6. The molecule has 0 N–H and O–H groups in total. The fourth-order valence-corrected chi connectivity index (χ4v) is 14.1. The second kappa shape index (κ2) is 16.5. The van der Waals surface area contributed by atoms with Gasteiger partial charge in [-0.15, -0.1) is 0 Å². The maximum absolute atomic E-state index is 2.55. The van der Waals surface area contributed by atoms with Gasteiger partial charge in [-0.1, -0.05) is 216 Å². The first-order valence-electron chi connectivity index (χ1n) is 27.5. The summed E-state index contributed by atoms with van der Waals surface area (Å²) in [5.41, 5.74) is 29.8. The highest BCUT2D eigenvalue weighted by molar-refractivity contribution is 6.21. The van der Waals surface area contributed by atoms with Crippen molar-refractivity contribution in [3.05, 3.63) is 277 Å². The second-order valence-electron chi connectivity index (χ2n) is 22.8. The molecule has 2 heteroatoms. The molecule has 78 heavy (non-hydrogen) atoms. The Morgan fingerprint density at radius 1 is 0.256 bits per heavy atom. The van der Waals surface area contributed by atoms with Crippen molar-refractivity contribution in [3.8, 4) is 83.6 Å². The van der Waals surface area contributed by atoms with Crippen molar-refractivity contribution in [2.24, 2.45) is 0 Å². The highest BCUT2D eigenvalue weighted by Gasteiger charge is 2.37. The normalized spacial score (nSPS) is 14.1. The maximum Gasteiger partial charge on any atom is 0.0562 e. The van der Waals surface area contributed by atoms with Gasteiger partial charge in [0.15, 0.2) is 0 Å². The van der Waals surface area contributed by atoms with E-state index in [9.17, 15) is 0 Å². The first-order chi connectivity index (χ1) is 38.2. The summed E-state index contributed by atoms with van der Waals surface area (Å²) in [5.74, 6) is 0. The summed E-state index contributed by atoms with van der Waals surface area (Å²) in [6, 6.07) is 95.9. The molecule has 0 saturated carbocycles. The average Bonchev–Trinajstić information content (AvgIpc) is 4.07. The zero-order chi connectivity index (χ0) is 52.0. The third-order valence-corrected chi connectivity index (χ3v) is 17.9. The molecule has 3 aliphatic rings. The van der Waals surface area contributed by atoms with Crippen LogP contribution in [0.25, 0.3) is 116 Å². The van der Waals surface area contributed by atoms with Gasteiger partial charge < -0.3 is 9.47 Å². The van der Waals surface area contributed by atoms with E-state index in [0.717, 1.165) is 22.6 Å². The molecule has 16 rings (SSSR count). The molecule has 0 radical (unpaired) electrons. The standard InChI is InChI=1S/C76H54N2/c1-75(2)66-29-13-11-26-57(66)61-42-52(32-37-68(61)75)49-22-15-24-54(40-49)77-70-39-34-51(47-18-7-5-8-19-47)44-63(70)65-45-64-60-36-35-56(48-20-9-6-10-21-48)59-28-17-31-71(74(59)60)78(72(64)46-73(65)77)55-25-16-23-50(41-55)53-33-38-69-62(43-53)58-27-12-14-30-67(58)76(69,3)4/h5-46H,1-4H3. The van der Waals surface area contributed by atoms with Crippen molar-refractivity contribution in [1.29, 1.82) is 0 Å². The largest absolute Gasteiger partial charge is 0.309 e. The molecular formula is C76H54N2. The molecule has 2 nitrogen and oxygen atoms in total. The summed E-state index contributed by atoms with van der Waals surface area (Å²) in [5, 5.41) is 4.95. The number of hydrogen-bond donors (Lipinski definition) is 0. The van der Waals surface area contributed by atoms with Crippen molar-refractivity contribution in [1.82, 2.24) is 4.57 Å². The molecule has 0 atom stereocenters. The number of hydrogen-bond acceptors (Lipinski definition) is 1. The van der Waals surface area contributed by atoms with Crippen molar-refractivity contribution in [3.63, 3.8) is 0 Å². The third-order valence-electron chi connectivity index (χ3n) is 17.9. The topological polar surface area (TPSA) is 8.17 Å². The third kappa shape index (κ3) is 6.44. The summed E-state index contributed by atoms with van der Waals surface area (Å²) in [4.78, 5) is 2.55. The smallest absolute Gasteiger partial charge is 0.0562 e. The molecule has 2 heterocycles. The van der Waals surface area contributed by atoms with Gasteiger partial charge in [0, 0.05) is 43.9 Å². The Kier molecular flexibility index (Phi) is 9.47. The zero-order valence-corrected chi connectivity index (χ0v) is 44.1. The molecular weight excluding hydrogens is 941 g/mol. The number of fused-ring (bicyclic) bond motifs is 11. The highest BCUT2D eigenvalue weighted by Crippen LogP contribution is 2.56. The summed E-state index contributed by atoms with van der Waals surface area (Å²) >= 11 is 0. The van der Waals surface area contributed by atoms with Crippen molar-refractivity contribution < 1.29 is 0 Å². The van der Waals surface area contributed by atoms with E-state index in [2.05, 4.69) is 292 Å². The molecule has 2 aliphatic carbocycles. The van der Waals surface area contributed by atoms with E-state index < -0.39 is 0 Å².